The van der Waals surface area contributed by atoms with Crippen molar-refractivity contribution >= 4 is 40.0 Å². The molecule has 140 valence electrons. The van der Waals surface area contributed by atoms with E-state index < -0.39 is 30.4 Å². The molecule has 0 saturated heterocycles. The minimum Gasteiger partial charge on any atom is -0.351 e. The van der Waals surface area contributed by atoms with Crippen LogP contribution in [-0.2, 0) is 4.79 Å². The SMILES string of the molecule is O=C(CSc1nnc(NCC(F)(F)F)s1)NNC(=O)c1ccc(F)cc1. The van der Waals surface area contributed by atoms with E-state index in [1.165, 1.54) is 12.1 Å². The van der Waals surface area contributed by atoms with Crippen molar-refractivity contribution in [2.24, 2.45) is 0 Å². The highest BCUT2D eigenvalue weighted by molar-refractivity contribution is 8.01. The summed E-state index contributed by atoms with van der Waals surface area (Å²) in [4.78, 5) is 23.4. The number of nitrogens with zero attached hydrogens (tertiary/aromatic N) is 2. The largest absolute Gasteiger partial charge is 0.405 e. The number of carbonyl (C=O) groups is 2. The zero-order valence-corrected chi connectivity index (χ0v) is 14.4. The second-order valence-electron chi connectivity index (χ2n) is 4.64. The monoisotopic (exact) mass is 409 g/mol. The molecule has 1 aromatic heterocycles. The number of hydrazine groups is 1. The molecule has 0 aliphatic rings. The summed E-state index contributed by atoms with van der Waals surface area (Å²) in [5.74, 6) is -1.83. The van der Waals surface area contributed by atoms with E-state index in [0.717, 1.165) is 35.2 Å². The molecule has 26 heavy (non-hydrogen) atoms. The maximum absolute atomic E-state index is 12.8. The van der Waals surface area contributed by atoms with Gasteiger partial charge in [-0.15, -0.1) is 10.2 Å². The second kappa shape index (κ2) is 8.80. The molecule has 2 amide bonds. The van der Waals surface area contributed by atoms with Gasteiger partial charge >= 0.3 is 6.18 Å². The molecule has 0 radical (unpaired) electrons. The standard InChI is InChI=1S/C13H11F4N5O2S2/c14-8-3-1-7(2-4-8)10(24)20-19-9(23)5-25-12-22-21-11(26-12)18-6-13(15,16)17/h1-4H,5-6H2,(H,18,21)(H,19,23)(H,20,24). The summed E-state index contributed by atoms with van der Waals surface area (Å²) in [6, 6.07) is 4.71. The fourth-order valence-corrected chi connectivity index (χ4v) is 3.03. The van der Waals surface area contributed by atoms with Crippen LogP contribution in [0.4, 0.5) is 22.7 Å². The van der Waals surface area contributed by atoms with Gasteiger partial charge in [0.1, 0.15) is 12.4 Å². The fraction of sp³-hybridized carbons (Fsp3) is 0.231. The molecule has 2 rings (SSSR count). The molecular weight excluding hydrogens is 398 g/mol. The Morgan fingerprint density at radius 1 is 1.12 bits per heavy atom. The van der Waals surface area contributed by atoms with Gasteiger partial charge in [0.25, 0.3) is 5.91 Å². The van der Waals surface area contributed by atoms with E-state index in [-0.39, 0.29) is 20.8 Å². The van der Waals surface area contributed by atoms with Crippen molar-refractivity contribution in [3.05, 3.63) is 35.6 Å². The quantitative estimate of drug-likeness (QED) is 0.385. The summed E-state index contributed by atoms with van der Waals surface area (Å²) in [6.07, 6.45) is -4.37. The van der Waals surface area contributed by atoms with Crippen LogP contribution >= 0.6 is 23.1 Å². The van der Waals surface area contributed by atoms with Crippen LogP contribution in [0.3, 0.4) is 0 Å². The van der Waals surface area contributed by atoms with Gasteiger partial charge in [-0.3, -0.25) is 20.4 Å². The summed E-state index contributed by atoms with van der Waals surface area (Å²) >= 11 is 1.81. The molecule has 0 aliphatic heterocycles. The average molecular weight is 409 g/mol. The highest BCUT2D eigenvalue weighted by Crippen LogP contribution is 2.26. The maximum atomic E-state index is 12.8. The van der Waals surface area contributed by atoms with E-state index >= 15 is 0 Å². The third-order valence-corrected chi connectivity index (χ3v) is 4.61. The minimum absolute atomic E-state index is 0.0187. The van der Waals surface area contributed by atoms with Gasteiger partial charge < -0.3 is 5.32 Å². The number of anilines is 1. The number of carbonyl (C=O) groups excluding carboxylic acids is 2. The first-order valence-corrected chi connectivity index (χ1v) is 8.65. The van der Waals surface area contributed by atoms with Gasteiger partial charge in [0.15, 0.2) is 4.34 Å². The number of amides is 2. The van der Waals surface area contributed by atoms with Crippen LogP contribution in [0.2, 0.25) is 0 Å². The Balaban J connectivity index is 1.72. The van der Waals surface area contributed by atoms with Gasteiger partial charge in [-0.05, 0) is 24.3 Å². The summed E-state index contributed by atoms with van der Waals surface area (Å²) in [5.41, 5.74) is 4.47. The van der Waals surface area contributed by atoms with Crippen molar-refractivity contribution in [1.29, 1.82) is 0 Å². The summed E-state index contributed by atoms with van der Waals surface area (Å²) in [5, 5.41) is 9.22. The van der Waals surface area contributed by atoms with Gasteiger partial charge in [-0.2, -0.15) is 13.2 Å². The lowest BCUT2D eigenvalue weighted by Crippen LogP contribution is -2.42. The summed E-state index contributed by atoms with van der Waals surface area (Å²) in [7, 11) is 0. The molecule has 1 heterocycles. The third-order valence-electron chi connectivity index (χ3n) is 2.60. The van der Waals surface area contributed by atoms with E-state index in [1.54, 1.807) is 0 Å². The predicted octanol–water partition coefficient (Wildman–Crippen LogP) is 2.20. The highest BCUT2D eigenvalue weighted by atomic mass is 32.2. The van der Waals surface area contributed by atoms with Gasteiger partial charge in [0.05, 0.1) is 5.75 Å². The molecule has 0 bridgehead atoms. The minimum atomic E-state index is -4.37. The first kappa shape index (κ1) is 19.9. The Bertz CT molecular complexity index is 767. The van der Waals surface area contributed by atoms with E-state index in [0.29, 0.717) is 0 Å². The van der Waals surface area contributed by atoms with Crippen LogP contribution in [0.15, 0.2) is 28.6 Å². The number of hydrogen-bond donors (Lipinski definition) is 3. The Labute approximate surface area is 152 Å². The van der Waals surface area contributed by atoms with Crippen LogP contribution in [-0.4, -0.2) is 40.5 Å². The first-order valence-electron chi connectivity index (χ1n) is 6.84. The average Bonchev–Trinajstić information content (AvgIpc) is 3.04. The van der Waals surface area contributed by atoms with Crippen LogP contribution in [0.1, 0.15) is 10.4 Å². The van der Waals surface area contributed by atoms with Crippen molar-refractivity contribution in [2.75, 3.05) is 17.6 Å². The highest BCUT2D eigenvalue weighted by Gasteiger charge is 2.27. The number of thioether (sulfide) groups is 1. The van der Waals surface area contributed by atoms with Crippen LogP contribution in [0.5, 0.6) is 0 Å². The van der Waals surface area contributed by atoms with Crippen molar-refractivity contribution in [3.8, 4) is 0 Å². The fourth-order valence-electron chi connectivity index (χ4n) is 1.48. The van der Waals surface area contributed by atoms with E-state index in [9.17, 15) is 27.2 Å². The summed E-state index contributed by atoms with van der Waals surface area (Å²) < 4.78 is 49.3. The van der Waals surface area contributed by atoms with Gasteiger partial charge in [0.2, 0.25) is 11.0 Å². The zero-order valence-electron chi connectivity index (χ0n) is 12.8. The molecule has 0 fully saturated rings. The Morgan fingerprint density at radius 3 is 2.46 bits per heavy atom. The number of hydrogen-bond acceptors (Lipinski definition) is 7. The lowest BCUT2D eigenvalue weighted by molar-refractivity contribution is -0.119. The molecule has 0 spiro atoms. The van der Waals surface area contributed by atoms with Crippen LogP contribution < -0.4 is 16.2 Å². The number of rotatable bonds is 6. The second-order valence-corrected chi connectivity index (χ2v) is 6.84. The number of benzene rings is 1. The molecule has 0 atom stereocenters. The van der Waals surface area contributed by atoms with E-state index in [1.807, 2.05) is 0 Å². The maximum Gasteiger partial charge on any atom is 0.405 e. The molecule has 0 saturated carbocycles. The first-order chi connectivity index (χ1) is 12.2. The molecule has 3 N–H and O–H groups in total. The predicted molar refractivity (Wildman–Crippen MR) is 87.2 cm³/mol. The van der Waals surface area contributed by atoms with Crippen molar-refractivity contribution in [2.45, 2.75) is 10.5 Å². The topological polar surface area (TPSA) is 96.0 Å². The molecule has 13 heteroatoms. The smallest absolute Gasteiger partial charge is 0.351 e. The van der Waals surface area contributed by atoms with E-state index in [4.69, 9.17) is 0 Å². The van der Waals surface area contributed by atoms with Gasteiger partial charge in [0, 0.05) is 5.56 Å². The Kier molecular flexibility index (Phi) is 6.74. The normalized spacial score (nSPS) is 11.1. The number of aromatic nitrogens is 2. The third kappa shape index (κ3) is 6.84. The molecule has 7 nitrogen and oxygen atoms in total. The van der Waals surface area contributed by atoms with Crippen molar-refractivity contribution in [1.82, 2.24) is 21.0 Å². The molecular formula is C13H11F4N5O2S2. The number of nitrogens with one attached hydrogen (secondary N) is 3. The van der Waals surface area contributed by atoms with Crippen molar-refractivity contribution in [3.63, 3.8) is 0 Å². The number of halogens is 4. The summed E-state index contributed by atoms with van der Waals surface area (Å²) in [6.45, 7) is -1.23. The van der Waals surface area contributed by atoms with Gasteiger partial charge in [-0.1, -0.05) is 23.1 Å². The lowest BCUT2D eigenvalue weighted by atomic mass is 10.2. The molecule has 1 aromatic carbocycles. The molecule has 2 aromatic rings. The Hall–Kier alpha value is -2.41. The van der Waals surface area contributed by atoms with Crippen LogP contribution in [0.25, 0.3) is 0 Å². The van der Waals surface area contributed by atoms with Crippen molar-refractivity contribution < 1.29 is 27.2 Å². The Morgan fingerprint density at radius 2 is 1.81 bits per heavy atom. The number of alkyl halides is 3. The lowest BCUT2D eigenvalue weighted by Gasteiger charge is -2.06. The zero-order chi connectivity index (χ0) is 19.2. The van der Waals surface area contributed by atoms with Gasteiger partial charge in [-0.25, -0.2) is 4.39 Å². The van der Waals surface area contributed by atoms with Crippen LogP contribution in [0, 0.1) is 5.82 Å². The van der Waals surface area contributed by atoms with E-state index in [2.05, 4.69) is 26.4 Å². The molecule has 0 unspecified atom stereocenters. The molecule has 0 aliphatic carbocycles.